The fraction of sp³-hybridized carbons (Fsp3) is 0.852. The molecular formula is C27H54N2O7Si2. The van der Waals surface area contributed by atoms with Gasteiger partial charge in [0, 0.05) is 44.4 Å². The predicted octanol–water partition coefficient (Wildman–Crippen LogP) is 5.97. The Balaban J connectivity index is 2.39. The molecule has 38 heavy (non-hydrogen) atoms. The molecule has 0 aromatic rings. The Morgan fingerprint density at radius 1 is 0.816 bits per heavy atom. The van der Waals surface area contributed by atoms with Gasteiger partial charge in [0.1, 0.15) is 13.2 Å². The van der Waals surface area contributed by atoms with Crippen LogP contribution in [0.15, 0.2) is 12.7 Å². The molecule has 2 unspecified atom stereocenters. The van der Waals surface area contributed by atoms with Crippen molar-refractivity contribution < 1.29 is 32.3 Å². The van der Waals surface area contributed by atoms with Crippen molar-refractivity contribution in [2.45, 2.75) is 91.0 Å². The van der Waals surface area contributed by atoms with Crippen LogP contribution >= 0.6 is 0 Å². The first-order valence-corrected chi connectivity index (χ1v) is 19.3. The van der Waals surface area contributed by atoms with Crippen LogP contribution in [0.5, 0.6) is 0 Å². The van der Waals surface area contributed by atoms with Gasteiger partial charge < -0.3 is 33.4 Å². The van der Waals surface area contributed by atoms with Gasteiger partial charge in [0.05, 0.1) is 8.07 Å². The lowest BCUT2D eigenvalue weighted by molar-refractivity contribution is 0.0682. The highest BCUT2D eigenvalue weighted by molar-refractivity contribution is 6.79. The zero-order valence-electron chi connectivity index (χ0n) is 24.8. The normalized spacial score (nSPS) is 19.1. The summed E-state index contributed by atoms with van der Waals surface area (Å²) in [7, 11) is -3.90. The number of nitrogens with one attached hydrogen (secondary N) is 2. The van der Waals surface area contributed by atoms with Crippen molar-refractivity contribution >= 4 is 29.1 Å². The Morgan fingerprint density at radius 3 is 1.63 bits per heavy atom. The van der Waals surface area contributed by atoms with E-state index >= 15 is 0 Å². The van der Waals surface area contributed by atoms with Crippen LogP contribution in [0.3, 0.4) is 0 Å². The first kappa shape index (κ1) is 34.6. The van der Waals surface area contributed by atoms with E-state index in [-0.39, 0.29) is 19.1 Å². The molecule has 0 heterocycles. The molecule has 1 rings (SSSR count). The number of rotatable bonds is 22. The summed E-state index contributed by atoms with van der Waals surface area (Å²) in [5.74, 6) is 0.156. The largest absolute Gasteiger partial charge is 0.500 e. The van der Waals surface area contributed by atoms with Gasteiger partial charge in [-0.2, -0.15) is 0 Å². The molecule has 1 aliphatic rings. The highest BCUT2D eigenvalue weighted by Crippen LogP contribution is 2.53. The molecule has 222 valence electrons. The molecule has 0 spiro atoms. The van der Waals surface area contributed by atoms with Gasteiger partial charge in [-0.15, -0.1) is 6.58 Å². The lowest BCUT2D eigenvalue weighted by Crippen LogP contribution is -2.46. The molecule has 0 aromatic heterocycles. The monoisotopic (exact) mass is 574 g/mol. The second kappa shape index (κ2) is 18.0. The minimum Gasteiger partial charge on any atom is -0.449 e. The van der Waals surface area contributed by atoms with Crippen LogP contribution < -0.4 is 10.6 Å². The van der Waals surface area contributed by atoms with Crippen LogP contribution in [0.4, 0.5) is 9.59 Å². The fourth-order valence-corrected chi connectivity index (χ4v) is 11.1. The van der Waals surface area contributed by atoms with Gasteiger partial charge in [0.15, 0.2) is 0 Å². The zero-order valence-corrected chi connectivity index (χ0v) is 26.8. The molecule has 11 heteroatoms. The third-order valence-corrected chi connectivity index (χ3v) is 17.0. The van der Waals surface area contributed by atoms with E-state index in [2.05, 4.69) is 38.0 Å². The van der Waals surface area contributed by atoms with Crippen LogP contribution in [0, 0.1) is 11.3 Å². The summed E-state index contributed by atoms with van der Waals surface area (Å²) >= 11 is 0. The maximum absolute atomic E-state index is 12.3. The van der Waals surface area contributed by atoms with Crippen molar-refractivity contribution in [3.8, 4) is 0 Å². The van der Waals surface area contributed by atoms with E-state index in [1.165, 1.54) is 24.2 Å². The average Bonchev–Trinajstić information content (AvgIpc) is 3.63. The van der Waals surface area contributed by atoms with E-state index in [9.17, 15) is 9.59 Å². The van der Waals surface area contributed by atoms with E-state index < -0.39 is 34.5 Å². The summed E-state index contributed by atoms with van der Waals surface area (Å²) in [5, 5.41) is 5.68. The highest BCUT2D eigenvalue weighted by atomic mass is 28.4. The molecule has 1 fully saturated rings. The summed E-state index contributed by atoms with van der Waals surface area (Å²) in [6.45, 7) is 19.5. The second-order valence-electron chi connectivity index (χ2n) is 10.2. The lowest BCUT2D eigenvalue weighted by atomic mass is 10.1. The van der Waals surface area contributed by atoms with Gasteiger partial charge in [-0.1, -0.05) is 51.0 Å². The van der Waals surface area contributed by atoms with E-state index in [1.54, 1.807) is 0 Å². The van der Waals surface area contributed by atoms with E-state index in [1.807, 2.05) is 26.8 Å². The standard InChI is InChI=1S/C27H54N2O7Si2/c1-8-24-21-27(24,22-32-25(30)28-17-15-19-37(12-5,13-6)14-7)23-33-26(31)29-18-16-20-38(34-9-2,35-10-3)36-11-4/h8,24H,1,9-23H2,2-7H3,(H,28,30)(H,29,31). The van der Waals surface area contributed by atoms with Gasteiger partial charge >= 0.3 is 21.0 Å². The molecule has 0 bridgehead atoms. The van der Waals surface area contributed by atoms with Crippen LogP contribution in [0.2, 0.25) is 30.2 Å². The fourth-order valence-electron chi connectivity index (χ4n) is 5.04. The number of hydrogen-bond donors (Lipinski definition) is 2. The Hall–Kier alpha value is -1.41. The van der Waals surface area contributed by atoms with Crippen LogP contribution in [-0.2, 0) is 22.8 Å². The highest BCUT2D eigenvalue weighted by Gasteiger charge is 2.54. The number of alkyl carbamates (subject to hydrolysis) is 2. The Kier molecular flexibility index (Phi) is 16.4. The molecular weight excluding hydrogens is 520 g/mol. The Labute approximate surface area is 233 Å². The van der Waals surface area contributed by atoms with Crippen molar-refractivity contribution in [1.29, 1.82) is 0 Å². The third kappa shape index (κ3) is 11.4. The van der Waals surface area contributed by atoms with Crippen molar-refractivity contribution in [2.24, 2.45) is 11.3 Å². The molecule has 2 atom stereocenters. The number of hydrogen-bond acceptors (Lipinski definition) is 7. The number of ether oxygens (including phenoxy) is 2. The molecule has 0 aromatic carbocycles. The molecule has 0 aliphatic heterocycles. The molecule has 2 N–H and O–H groups in total. The summed E-state index contributed by atoms with van der Waals surface area (Å²) in [6, 6.07) is 5.72. The lowest BCUT2D eigenvalue weighted by Gasteiger charge is -2.28. The maximum atomic E-state index is 12.3. The Bertz CT molecular complexity index is 684. The predicted molar refractivity (Wildman–Crippen MR) is 156 cm³/mol. The average molecular weight is 575 g/mol. The second-order valence-corrected chi connectivity index (χ2v) is 18.5. The number of carbonyl (C=O) groups excluding carboxylic acids is 2. The summed E-state index contributed by atoms with van der Waals surface area (Å²) in [5.41, 5.74) is -0.397. The topological polar surface area (TPSA) is 104 Å². The third-order valence-electron chi connectivity index (χ3n) is 7.94. The smallest absolute Gasteiger partial charge is 0.449 e. The zero-order chi connectivity index (χ0) is 28.5. The van der Waals surface area contributed by atoms with E-state index in [0.717, 1.165) is 12.8 Å². The summed E-state index contributed by atoms with van der Waals surface area (Å²) < 4.78 is 28.5. The first-order valence-electron chi connectivity index (χ1n) is 14.6. The molecule has 2 amide bonds. The SMILES string of the molecule is C=CC1CC1(COC(=O)NCCC[Si](CC)(CC)CC)COC(=O)NCCC[Si](OCC)(OCC)OCC. The molecule has 9 nitrogen and oxygen atoms in total. The van der Waals surface area contributed by atoms with Gasteiger partial charge in [0.25, 0.3) is 0 Å². The van der Waals surface area contributed by atoms with Gasteiger partial charge in [0.2, 0.25) is 0 Å². The van der Waals surface area contributed by atoms with Crippen molar-refractivity contribution in [1.82, 2.24) is 10.6 Å². The van der Waals surface area contributed by atoms with Crippen molar-refractivity contribution in [3.63, 3.8) is 0 Å². The van der Waals surface area contributed by atoms with Gasteiger partial charge in [-0.25, -0.2) is 9.59 Å². The quantitative estimate of drug-likeness (QED) is 0.0933. The maximum Gasteiger partial charge on any atom is 0.500 e. The number of allylic oxidation sites excluding steroid dienone is 1. The van der Waals surface area contributed by atoms with Crippen molar-refractivity contribution in [3.05, 3.63) is 12.7 Å². The summed E-state index contributed by atoms with van der Waals surface area (Å²) in [6.07, 6.45) is 3.36. The summed E-state index contributed by atoms with van der Waals surface area (Å²) in [4.78, 5) is 24.6. The van der Waals surface area contributed by atoms with Gasteiger partial charge in [-0.3, -0.25) is 0 Å². The number of carbonyl (C=O) groups is 2. The van der Waals surface area contributed by atoms with Crippen molar-refractivity contribution in [2.75, 3.05) is 46.1 Å². The minimum absolute atomic E-state index is 0.156. The molecule has 0 saturated heterocycles. The molecule has 1 aliphatic carbocycles. The number of amides is 2. The Morgan fingerprint density at radius 2 is 1.26 bits per heavy atom. The van der Waals surface area contributed by atoms with Crippen LogP contribution in [0.1, 0.15) is 60.8 Å². The van der Waals surface area contributed by atoms with Crippen LogP contribution in [0.25, 0.3) is 0 Å². The molecule has 1 saturated carbocycles. The molecule has 0 radical (unpaired) electrons. The van der Waals surface area contributed by atoms with E-state index in [4.69, 9.17) is 22.8 Å². The van der Waals surface area contributed by atoms with Crippen LogP contribution in [-0.4, -0.2) is 75.2 Å². The first-order chi connectivity index (χ1) is 18.2. The minimum atomic E-state index is -2.73. The van der Waals surface area contributed by atoms with E-state index in [0.29, 0.717) is 45.4 Å². The van der Waals surface area contributed by atoms with Gasteiger partial charge in [-0.05, 0) is 46.0 Å².